The lowest BCUT2D eigenvalue weighted by Crippen LogP contribution is -2.38. The van der Waals surface area contributed by atoms with Crippen molar-refractivity contribution in [2.75, 3.05) is 26.0 Å². The minimum Gasteiger partial charge on any atom is -0.393 e. The fourth-order valence-electron chi connectivity index (χ4n) is 3.04. The number of amides is 1. The maximum Gasteiger partial charge on any atom is 0.253 e. The molecule has 0 aliphatic carbocycles. The molecule has 2 N–H and O–H groups in total. The van der Waals surface area contributed by atoms with Crippen LogP contribution in [0, 0.1) is 0 Å². The molecule has 0 bridgehead atoms. The molecule has 1 unspecified atom stereocenters. The molecule has 3 rings (SSSR count). The topological polar surface area (TPSA) is 60.8 Å². The van der Waals surface area contributed by atoms with E-state index >= 15 is 0 Å². The Labute approximate surface area is 146 Å². The van der Waals surface area contributed by atoms with E-state index in [4.69, 9.17) is 0 Å². The Morgan fingerprint density at radius 1 is 1.25 bits per heavy atom. The summed E-state index contributed by atoms with van der Waals surface area (Å²) in [6.45, 7) is 0.313. The summed E-state index contributed by atoms with van der Waals surface area (Å²) in [6, 6.07) is 15.7. The smallest absolute Gasteiger partial charge is 0.253 e. The number of aliphatic hydroxyl groups excluding tert-OH is 1. The molecule has 1 heterocycles. The highest BCUT2D eigenvalue weighted by Gasteiger charge is 2.37. The van der Waals surface area contributed by atoms with Crippen molar-refractivity contribution in [1.82, 2.24) is 4.90 Å². The zero-order chi connectivity index (χ0) is 17.2. The highest BCUT2D eigenvalue weighted by Crippen LogP contribution is 2.31. The number of hydrogen-bond acceptors (Lipinski definition) is 4. The molecule has 0 spiro atoms. The zero-order valence-corrected chi connectivity index (χ0v) is 14.4. The first kappa shape index (κ1) is 17.0. The van der Waals surface area contributed by atoms with Gasteiger partial charge in [-0.25, -0.2) is 0 Å². The lowest BCUT2D eigenvalue weighted by Gasteiger charge is -2.21. The third kappa shape index (κ3) is 3.34. The molecular weight excluding hydrogens is 322 g/mol. The van der Waals surface area contributed by atoms with E-state index in [9.17, 15) is 15.0 Å². The predicted molar refractivity (Wildman–Crippen MR) is 96.2 cm³/mol. The fourth-order valence-corrected chi connectivity index (χ4v) is 3.66. The van der Waals surface area contributed by atoms with Crippen molar-refractivity contribution in [3.05, 3.63) is 54.1 Å². The van der Waals surface area contributed by atoms with Crippen molar-refractivity contribution in [3.63, 3.8) is 0 Å². The first-order chi connectivity index (χ1) is 11.6. The van der Waals surface area contributed by atoms with Crippen molar-refractivity contribution in [1.29, 1.82) is 0 Å². The fraction of sp³-hybridized carbons (Fsp3) is 0.316. The number of benzene rings is 2. The Morgan fingerprint density at radius 2 is 2.04 bits per heavy atom. The first-order valence-electron chi connectivity index (χ1n) is 7.92. The van der Waals surface area contributed by atoms with Gasteiger partial charge in [-0.2, -0.15) is 0 Å². The van der Waals surface area contributed by atoms with E-state index < -0.39 is 5.60 Å². The van der Waals surface area contributed by atoms with Crippen LogP contribution in [0.5, 0.6) is 0 Å². The third-order valence-corrected chi connectivity index (χ3v) is 5.24. The van der Waals surface area contributed by atoms with Crippen molar-refractivity contribution < 1.29 is 15.0 Å². The molecule has 1 aliphatic rings. The van der Waals surface area contributed by atoms with Gasteiger partial charge in [0.2, 0.25) is 0 Å². The minimum absolute atomic E-state index is 0.108. The molecular formula is C19H21NO3S. The number of aliphatic hydroxyl groups is 2. The van der Waals surface area contributed by atoms with Gasteiger partial charge in [-0.15, -0.1) is 11.8 Å². The average Bonchev–Trinajstić information content (AvgIpc) is 3.04. The largest absolute Gasteiger partial charge is 0.393 e. The summed E-state index contributed by atoms with van der Waals surface area (Å²) in [7, 11) is 0. The van der Waals surface area contributed by atoms with Gasteiger partial charge in [-0.05, 0) is 42.0 Å². The second-order valence-corrected chi connectivity index (χ2v) is 6.99. The Balaban J connectivity index is 1.87. The molecule has 2 aromatic carbocycles. The van der Waals surface area contributed by atoms with Gasteiger partial charge in [0, 0.05) is 17.0 Å². The van der Waals surface area contributed by atoms with Crippen LogP contribution in [0.3, 0.4) is 0 Å². The second kappa shape index (κ2) is 6.97. The molecule has 1 saturated heterocycles. The number of likely N-dealkylation sites (tertiary alicyclic amines) is 1. The molecule has 1 aliphatic heterocycles. The van der Waals surface area contributed by atoms with Crippen LogP contribution >= 0.6 is 11.8 Å². The van der Waals surface area contributed by atoms with E-state index in [1.807, 2.05) is 36.6 Å². The van der Waals surface area contributed by atoms with E-state index in [-0.39, 0.29) is 19.1 Å². The second-order valence-electron chi connectivity index (χ2n) is 6.14. The third-order valence-electron chi connectivity index (χ3n) is 4.44. The monoisotopic (exact) mass is 343 g/mol. The van der Waals surface area contributed by atoms with E-state index in [2.05, 4.69) is 12.1 Å². The molecule has 2 aromatic rings. The van der Waals surface area contributed by atoms with Crippen LogP contribution in [-0.4, -0.2) is 52.6 Å². The highest BCUT2D eigenvalue weighted by atomic mass is 32.2. The summed E-state index contributed by atoms with van der Waals surface area (Å²) in [4.78, 5) is 15.5. The first-order valence-corrected chi connectivity index (χ1v) is 9.15. The summed E-state index contributed by atoms with van der Waals surface area (Å²) in [5.74, 6) is -0.108. The summed E-state index contributed by atoms with van der Waals surface area (Å²) < 4.78 is 0. The van der Waals surface area contributed by atoms with E-state index in [0.29, 0.717) is 18.5 Å². The van der Waals surface area contributed by atoms with Crippen molar-refractivity contribution >= 4 is 17.7 Å². The van der Waals surface area contributed by atoms with Gasteiger partial charge in [0.25, 0.3) is 5.91 Å². The van der Waals surface area contributed by atoms with Crippen LogP contribution in [0.4, 0.5) is 0 Å². The van der Waals surface area contributed by atoms with Gasteiger partial charge >= 0.3 is 0 Å². The standard InChI is InChI=1S/C19H21NO3S/c1-24-17-8-3-2-7-16(17)14-5-4-6-15(11-14)18(22)20-10-9-19(23,12-20)13-21/h2-8,11,21,23H,9-10,12-13H2,1H3. The van der Waals surface area contributed by atoms with Gasteiger partial charge < -0.3 is 15.1 Å². The van der Waals surface area contributed by atoms with Crippen LogP contribution < -0.4 is 0 Å². The lowest BCUT2D eigenvalue weighted by molar-refractivity contribution is -0.00455. The normalized spacial score (nSPS) is 20.4. The SMILES string of the molecule is CSc1ccccc1-c1cccc(C(=O)N2CCC(O)(CO)C2)c1. The maximum absolute atomic E-state index is 12.7. The number of carbonyl (C=O) groups excluding carboxylic acids is 1. The summed E-state index contributed by atoms with van der Waals surface area (Å²) >= 11 is 1.68. The van der Waals surface area contributed by atoms with Crippen molar-refractivity contribution in [2.45, 2.75) is 16.9 Å². The van der Waals surface area contributed by atoms with Gasteiger partial charge in [-0.3, -0.25) is 4.79 Å². The average molecular weight is 343 g/mol. The molecule has 1 fully saturated rings. The Hall–Kier alpha value is -1.82. The summed E-state index contributed by atoms with van der Waals surface area (Å²) in [5.41, 5.74) is 1.54. The number of thioether (sulfide) groups is 1. The quantitative estimate of drug-likeness (QED) is 0.838. The van der Waals surface area contributed by atoms with Crippen LogP contribution in [0.25, 0.3) is 11.1 Å². The Bertz CT molecular complexity index is 749. The number of carbonyl (C=O) groups is 1. The molecule has 126 valence electrons. The van der Waals surface area contributed by atoms with Crippen LogP contribution in [0.15, 0.2) is 53.4 Å². The van der Waals surface area contributed by atoms with Crippen molar-refractivity contribution in [3.8, 4) is 11.1 Å². The zero-order valence-electron chi connectivity index (χ0n) is 13.6. The Kier molecular flexibility index (Phi) is 4.94. The van der Waals surface area contributed by atoms with Crippen LogP contribution in [0.1, 0.15) is 16.8 Å². The summed E-state index contributed by atoms with van der Waals surface area (Å²) in [5, 5.41) is 19.4. The van der Waals surface area contributed by atoms with E-state index in [1.165, 1.54) is 0 Å². The highest BCUT2D eigenvalue weighted by molar-refractivity contribution is 7.98. The molecule has 1 amide bonds. The molecule has 4 nitrogen and oxygen atoms in total. The number of hydrogen-bond donors (Lipinski definition) is 2. The van der Waals surface area contributed by atoms with Gasteiger partial charge in [0.05, 0.1) is 13.2 Å². The maximum atomic E-state index is 12.7. The van der Waals surface area contributed by atoms with E-state index in [1.54, 1.807) is 22.7 Å². The van der Waals surface area contributed by atoms with Gasteiger partial charge in [-0.1, -0.05) is 30.3 Å². The van der Waals surface area contributed by atoms with Crippen molar-refractivity contribution in [2.24, 2.45) is 0 Å². The van der Waals surface area contributed by atoms with Crippen LogP contribution in [0.2, 0.25) is 0 Å². The summed E-state index contributed by atoms with van der Waals surface area (Å²) in [6.07, 6.45) is 2.44. The molecule has 0 radical (unpaired) electrons. The number of nitrogens with zero attached hydrogens (tertiary/aromatic N) is 1. The molecule has 1 atom stereocenters. The molecule has 0 saturated carbocycles. The van der Waals surface area contributed by atoms with E-state index in [0.717, 1.165) is 16.0 Å². The van der Waals surface area contributed by atoms with Crippen LogP contribution in [-0.2, 0) is 0 Å². The molecule has 5 heteroatoms. The Morgan fingerprint density at radius 3 is 2.75 bits per heavy atom. The molecule has 24 heavy (non-hydrogen) atoms. The minimum atomic E-state index is -1.17. The number of rotatable bonds is 4. The predicted octanol–water partition coefficient (Wildman–Crippen LogP) is 2.64. The van der Waals surface area contributed by atoms with Gasteiger partial charge in [0.15, 0.2) is 0 Å². The van der Waals surface area contributed by atoms with Gasteiger partial charge in [0.1, 0.15) is 5.60 Å². The lowest BCUT2D eigenvalue weighted by atomic mass is 10.0. The number of β-amino-alcohol motifs (C(OH)–C–C–N with tert-alkyl or cyclic N) is 1. The molecule has 0 aromatic heterocycles.